The second-order valence-corrected chi connectivity index (χ2v) is 6.19. The lowest BCUT2D eigenvalue weighted by Gasteiger charge is -2.10. The summed E-state index contributed by atoms with van der Waals surface area (Å²) in [5, 5.41) is 19.9. The highest BCUT2D eigenvalue weighted by Crippen LogP contribution is 2.16. The molecule has 0 bridgehead atoms. The number of anilines is 4. The molecule has 9 nitrogen and oxygen atoms in total. The molecule has 0 spiro atoms. The maximum atomic E-state index is 11.9. The van der Waals surface area contributed by atoms with Crippen LogP contribution in [-0.4, -0.2) is 41.4 Å². The van der Waals surface area contributed by atoms with Gasteiger partial charge in [-0.1, -0.05) is 12.1 Å². The molecule has 2 aromatic heterocycles. The Labute approximate surface area is 168 Å². The number of urea groups is 1. The van der Waals surface area contributed by atoms with Gasteiger partial charge in [0, 0.05) is 31.0 Å². The number of ether oxygens (including phenoxy) is 1. The number of nitrogens with zero attached hydrogens (tertiary/aromatic N) is 3. The van der Waals surface area contributed by atoms with E-state index in [0.29, 0.717) is 42.0 Å². The molecule has 1 aromatic carbocycles. The fraction of sp³-hybridized carbons (Fsp3) is 0.200. The number of methoxy groups -OCH3 is 1. The van der Waals surface area contributed by atoms with Crippen molar-refractivity contribution in [1.29, 1.82) is 0 Å². The molecule has 2 amide bonds. The molecular formula is C20H23N7O2. The molecule has 0 fully saturated rings. The van der Waals surface area contributed by atoms with Gasteiger partial charge in [0.2, 0.25) is 0 Å². The lowest BCUT2D eigenvalue weighted by molar-refractivity contribution is 0.252. The van der Waals surface area contributed by atoms with Crippen molar-refractivity contribution in [2.75, 3.05) is 36.1 Å². The second-order valence-electron chi connectivity index (χ2n) is 6.19. The van der Waals surface area contributed by atoms with Crippen LogP contribution in [0.3, 0.4) is 0 Å². The summed E-state index contributed by atoms with van der Waals surface area (Å²) < 4.78 is 5.13. The molecule has 3 aromatic rings. The second kappa shape index (κ2) is 9.88. The Morgan fingerprint density at radius 2 is 1.79 bits per heavy atom. The number of hydrogen-bond acceptors (Lipinski definition) is 7. The van der Waals surface area contributed by atoms with Crippen LogP contribution in [0.1, 0.15) is 5.56 Å². The number of amides is 2. The predicted octanol–water partition coefficient (Wildman–Crippen LogP) is 3.17. The Balaban J connectivity index is 1.38. The number of hydrogen-bond donors (Lipinski definition) is 4. The minimum Gasteiger partial charge on any atom is -0.497 e. The van der Waals surface area contributed by atoms with Crippen LogP contribution in [0.5, 0.6) is 5.75 Å². The van der Waals surface area contributed by atoms with Gasteiger partial charge < -0.3 is 26.0 Å². The minimum atomic E-state index is -0.295. The van der Waals surface area contributed by atoms with E-state index in [1.54, 1.807) is 37.6 Å². The summed E-state index contributed by atoms with van der Waals surface area (Å²) in [5.41, 5.74) is 1.75. The van der Waals surface area contributed by atoms with Gasteiger partial charge in [-0.15, -0.1) is 10.2 Å². The zero-order valence-electron chi connectivity index (χ0n) is 16.3. The van der Waals surface area contributed by atoms with E-state index in [4.69, 9.17) is 4.74 Å². The van der Waals surface area contributed by atoms with Gasteiger partial charge >= 0.3 is 6.03 Å². The average Bonchev–Trinajstić information content (AvgIpc) is 2.74. The molecule has 0 saturated carbocycles. The van der Waals surface area contributed by atoms with Crippen LogP contribution in [0.25, 0.3) is 0 Å². The standard InChI is InChI=1S/C20H23N7O2/c1-14-6-7-17(23-13-14)25-19-9-8-18(26-27-19)21-10-11-22-20(28)24-15-4-3-5-16(12-15)29-2/h3-9,12-13H,10-11H2,1-2H3,(H,21,26)(H2,22,24,28)(H,23,25,27). The summed E-state index contributed by atoms with van der Waals surface area (Å²) in [6.07, 6.45) is 1.78. The van der Waals surface area contributed by atoms with E-state index in [2.05, 4.69) is 36.4 Å². The number of nitrogens with one attached hydrogen (secondary N) is 4. The van der Waals surface area contributed by atoms with E-state index >= 15 is 0 Å². The first-order valence-electron chi connectivity index (χ1n) is 9.08. The van der Waals surface area contributed by atoms with E-state index in [0.717, 1.165) is 5.56 Å². The number of aryl methyl sites for hydroxylation is 1. The summed E-state index contributed by atoms with van der Waals surface area (Å²) in [6, 6.07) is 14.3. The Morgan fingerprint density at radius 3 is 2.52 bits per heavy atom. The molecule has 3 rings (SSSR count). The highest BCUT2D eigenvalue weighted by Gasteiger charge is 2.03. The Kier molecular flexibility index (Phi) is 6.77. The van der Waals surface area contributed by atoms with E-state index in [-0.39, 0.29) is 6.03 Å². The predicted molar refractivity (Wildman–Crippen MR) is 113 cm³/mol. The van der Waals surface area contributed by atoms with Crippen LogP contribution in [-0.2, 0) is 0 Å². The molecule has 2 heterocycles. The normalized spacial score (nSPS) is 10.1. The monoisotopic (exact) mass is 393 g/mol. The van der Waals surface area contributed by atoms with E-state index < -0.39 is 0 Å². The maximum Gasteiger partial charge on any atom is 0.319 e. The molecule has 9 heteroatoms. The van der Waals surface area contributed by atoms with Crippen LogP contribution in [0.4, 0.5) is 27.9 Å². The summed E-state index contributed by atoms with van der Waals surface area (Å²) in [6.45, 7) is 2.91. The van der Waals surface area contributed by atoms with Crippen LogP contribution < -0.4 is 26.0 Å². The lowest BCUT2D eigenvalue weighted by atomic mass is 10.3. The van der Waals surface area contributed by atoms with Crippen molar-refractivity contribution < 1.29 is 9.53 Å². The van der Waals surface area contributed by atoms with Crippen LogP contribution in [0.2, 0.25) is 0 Å². The molecule has 29 heavy (non-hydrogen) atoms. The van der Waals surface area contributed by atoms with Crippen molar-refractivity contribution in [3.8, 4) is 5.75 Å². The molecule has 0 aliphatic heterocycles. The molecule has 0 unspecified atom stereocenters. The van der Waals surface area contributed by atoms with Gasteiger partial charge in [-0.3, -0.25) is 0 Å². The highest BCUT2D eigenvalue weighted by molar-refractivity contribution is 5.89. The SMILES string of the molecule is COc1cccc(NC(=O)NCCNc2ccc(Nc3ccc(C)cn3)nn2)c1. The summed E-state index contributed by atoms with van der Waals surface area (Å²) >= 11 is 0. The number of rotatable bonds is 8. The Morgan fingerprint density at radius 1 is 1.00 bits per heavy atom. The largest absolute Gasteiger partial charge is 0.497 e. The fourth-order valence-corrected chi connectivity index (χ4v) is 2.41. The van der Waals surface area contributed by atoms with Crippen molar-refractivity contribution >= 4 is 29.2 Å². The maximum absolute atomic E-state index is 11.9. The molecular weight excluding hydrogens is 370 g/mol. The number of carbonyl (C=O) groups is 1. The van der Waals surface area contributed by atoms with Gasteiger partial charge in [-0.05, 0) is 42.8 Å². The van der Waals surface area contributed by atoms with Crippen molar-refractivity contribution in [2.24, 2.45) is 0 Å². The summed E-state index contributed by atoms with van der Waals surface area (Å²) in [4.78, 5) is 16.2. The van der Waals surface area contributed by atoms with Crippen LogP contribution in [0, 0.1) is 6.92 Å². The lowest BCUT2D eigenvalue weighted by Crippen LogP contribution is -2.32. The van der Waals surface area contributed by atoms with Crippen LogP contribution >= 0.6 is 0 Å². The molecule has 0 saturated heterocycles. The smallest absolute Gasteiger partial charge is 0.319 e. The fourth-order valence-electron chi connectivity index (χ4n) is 2.41. The molecule has 150 valence electrons. The van der Waals surface area contributed by atoms with Gasteiger partial charge in [-0.25, -0.2) is 9.78 Å². The Bertz CT molecular complexity index is 930. The van der Waals surface area contributed by atoms with Gasteiger partial charge in [0.25, 0.3) is 0 Å². The number of aromatic nitrogens is 3. The first-order chi connectivity index (χ1) is 14.1. The third kappa shape index (κ3) is 6.35. The zero-order chi connectivity index (χ0) is 20.5. The molecule has 4 N–H and O–H groups in total. The summed E-state index contributed by atoms with van der Waals surface area (Å²) in [7, 11) is 1.58. The Hall–Kier alpha value is -3.88. The van der Waals surface area contributed by atoms with E-state index in [9.17, 15) is 4.79 Å². The van der Waals surface area contributed by atoms with E-state index in [1.165, 1.54) is 0 Å². The van der Waals surface area contributed by atoms with Crippen molar-refractivity contribution in [1.82, 2.24) is 20.5 Å². The first kappa shape index (κ1) is 19.9. The van der Waals surface area contributed by atoms with Crippen molar-refractivity contribution in [2.45, 2.75) is 6.92 Å². The van der Waals surface area contributed by atoms with E-state index in [1.807, 2.05) is 31.2 Å². The molecule has 0 aliphatic carbocycles. The number of pyridine rings is 1. The average molecular weight is 393 g/mol. The molecule has 0 aliphatic rings. The van der Waals surface area contributed by atoms with Gasteiger partial charge in [0.1, 0.15) is 17.4 Å². The quantitative estimate of drug-likeness (QED) is 0.435. The molecule has 0 atom stereocenters. The highest BCUT2D eigenvalue weighted by atomic mass is 16.5. The van der Waals surface area contributed by atoms with Gasteiger partial charge in [-0.2, -0.15) is 0 Å². The van der Waals surface area contributed by atoms with Gasteiger partial charge in [0.05, 0.1) is 7.11 Å². The third-order valence-corrected chi connectivity index (χ3v) is 3.88. The zero-order valence-corrected chi connectivity index (χ0v) is 16.3. The number of carbonyl (C=O) groups excluding carboxylic acids is 1. The third-order valence-electron chi connectivity index (χ3n) is 3.88. The minimum absolute atomic E-state index is 0.295. The van der Waals surface area contributed by atoms with Crippen LogP contribution in [0.15, 0.2) is 54.7 Å². The summed E-state index contributed by atoms with van der Waals surface area (Å²) in [5.74, 6) is 2.60. The topological polar surface area (TPSA) is 113 Å². The number of benzene rings is 1. The first-order valence-corrected chi connectivity index (χ1v) is 9.08. The van der Waals surface area contributed by atoms with Gasteiger partial charge in [0.15, 0.2) is 5.82 Å². The molecule has 0 radical (unpaired) electrons. The van der Waals surface area contributed by atoms with Crippen molar-refractivity contribution in [3.63, 3.8) is 0 Å². The van der Waals surface area contributed by atoms with Crippen molar-refractivity contribution in [3.05, 3.63) is 60.3 Å².